The third-order valence-corrected chi connectivity index (χ3v) is 8.77. The Bertz CT molecular complexity index is 1900. The Hall–Kier alpha value is -4.00. The number of pyridine rings is 2. The molecule has 0 saturated heterocycles. The van der Waals surface area contributed by atoms with E-state index in [9.17, 15) is 52.4 Å². The number of rotatable bonds is 8. The number of fused-ring (bicyclic) bond motifs is 1. The van der Waals surface area contributed by atoms with Gasteiger partial charge in [-0.3, -0.25) is 0 Å². The van der Waals surface area contributed by atoms with Crippen LogP contribution >= 0.6 is 0 Å². The van der Waals surface area contributed by atoms with Crippen molar-refractivity contribution in [2.24, 2.45) is 0 Å². The molecule has 0 radical (unpaired) electrons. The molecule has 0 unspecified atom stereocenters. The lowest BCUT2D eigenvalue weighted by Crippen LogP contribution is -2.33. The SMILES string of the molecule is CCS(=O)(=O)c1cc(-c2ccc(OC(F)(F)C(F)F)cc2)cnc1-n1nc2cc(S(=O)(=O)C(F)(F)F)ccn2c1=O. The average molecular weight is 629 g/mol. The predicted octanol–water partition coefficient (Wildman–Crippen LogP) is 3.87. The van der Waals surface area contributed by atoms with E-state index in [4.69, 9.17) is 0 Å². The summed E-state index contributed by atoms with van der Waals surface area (Å²) in [6, 6.07) is 6.20. The Labute approximate surface area is 225 Å². The Morgan fingerprint density at radius 3 is 2.15 bits per heavy atom. The van der Waals surface area contributed by atoms with Crippen molar-refractivity contribution in [3.63, 3.8) is 0 Å². The number of sulfone groups is 2. The first-order valence-electron chi connectivity index (χ1n) is 11.0. The lowest BCUT2D eigenvalue weighted by Gasteiger charge is -2.17. The van der Waals surface area contributed by atoms with E-state index in [1.54, 1.807) is 0 Å². The molecule has 0 aliphatic carbocycles. The summed E-state index contributed by atoms with van der Waals surface area (Å²) in [4.78, 5) is 15.1. The van der Waals surface area contributed by atoms with Crippen molar-refractivity contribution >= 4 is 25.3 Å². The van der Waals surface area contributed by atoms with Crippen LogP contribution in [0.5, 0.6) is 5.75 Å². The Kier molecular flexibility index (Phi) is 7.40. The molecule has 0 aliphatic rings. The van der Waals surface area contributed by atoms with Crippen molar-refractivity contribution in [1.82, 2.24) is 19.2 Å². The summed E-state index contributed by atoms with van der Waals surface area (Å²) >= 11 is 0. The molecule has 0 aliphatic heterocycles. The second-order valence-electron chi connectivity index (χ2n) is 8.17. The molecule has 19 heteroatoms. The molecule has 4 rings (SSSR count). The van der Waals surface area contributed by atoms with Gasteiger partial charge in [-0.25, -0.2) is 31.0 Å². The first kappa shape index (κ1) is 30.0. The molecule has 0 atom stereocenters. The van der Waals surface area contributed by atoms with Gasteiger partial charge in [-0.15, -0.1) is 5.10 Å². The maximum absolute atomic E-state index is 13.2. The predicted molar refractivity (Wildman–Crippen MR) is 127 cm³/mol. The van der Waals surface area contributed by atoms with E-state index in [-0.39, 0.29) is 11.1 Å². The molecule has 220 valence electrons. The van der Waals surface area contributed by atoms with Crippen molar-refractivity contribution in [1.29, 1.82) is 0 Å². The van der Waals surface area contributed by atoms with Gasteiger partial charge >= 0.3 is 23.7 Å². The summed E-state index contributed by atoms with van der Waals surface area (Å²) in [5, 5.41) is 3.77. The first-order valence-corrected chi connectivity index (χ1v) is 14.1. The molecule has 0 fully saturated rings. The number of alkyl halides is 7. The molecule has 41 heavy (non-hydrogen) atoms. The van der Waals surface area contributed by atoms with Crippen LogP contribution in [0.25, 0.3) is 22.6 Å². The monoisotopic (exact) mass is 628 g/mol. The number of hydrogen-bond donors (Lipinski definition) is 0. The number of aromatic nitrogens is 4. The molecule has 3 heterocycles. The standard InChI is InChI=1S/C22H15F7N4O6S2/c1-2-40(35,36)16-9-13(12-3-5-14(6-4-12)39-21(25,26)19(23)24)11-30-18(16)33-20(34)32-8-7-15(10-17(32)31-33)41(37,38)22(27,28)29/h3-11,19H,2H2,1H3. The van der Waals surface area contributed by atoms with Crippen molar-refractivity contribution in [3.8, 4) is 22.7 Å². The van der Waals surface area contributed by atoms with E-state index in [1.807, 2.05) is 0 Å². The van der Waals surface area contributed by atoms with E-state index in [2.05, 4.69) is 14.8 Å². The second kappa shape index (κ2) is 10.1. The Balaban J connectivity index is 1.82. The van der Waals surface area contributed by atoms with Crippen LogP contribution in [-0.2, 0) is 19.7 Å². The van der Waals surface area contributed by atoms with E-state index in [0.29, 0.717) is 27.4 Å². The lowest BCUT2D eigenvalue weighted by molar-refractivity contribution is -0.253. The van der Waals surface area contributed by atoms with E-state index < -0.39 is 76.2 Å². The van der Waals surface area contributed by atoms with Crippen molar-refractivity contribution < 1.29 is 52.3 Å². The Morgan fingerprint density at radius 2 is 1.59 bits per heavy atom. The van der Waals surface area contributed by atoms with Crippen LogP contribution in [0.3, 0.4) is 0 Å². The molecule has 1 aromatic carbocycles. The van der Waals surface area contributed by atoms with Gasteiger partial charge in [0.15, 0.2) is 21.3 Å². The molecular formula is C22H15F7N4O6S2. The largest absolute Gasteiger partial charge is 0.501 e. The number of nitrogens with zero attached hydrogens (tertiary/aromatic N) is 4. The van der Waals surface area contributed by atoms with Gasteiger partial charge in [-0.1, -0.05) is 19.1 Å². The molecule has 4 aromatic rings. The first-order chi connectivity index (χ1) is 18.9. The van der Waals surface area contributed by atoms with Crippen molar-refractivity contribution in [3.05, 3.63) is 65.3 Å². The Morgan fingerprint density at radius 1 is 0.951 bits per heavy atom. The zero-order valence-corrected chi connectivity index (χ0v) is 21.8. The fourth-order valence-electron chi connectivity index (χ4n) is 3.45. The molecule has 0 N–H and O–H groups in total. The topological polar surface area (TPSA) is 130 Å². The van der Waals surface area contributed by atoms with Crippen LogP contribution in [0.1, 0.15) is 6.92 Å². The van der Waals surface area contributed by atoms with Crippen molar-refractivity contribution in [2.75, 3.05) is 5.75 Å². The number of hydrogen-bond acceptors (Lipinski definition) is 8. The molecule has 0 spiro atoms. The average Bonchev–Trinajstić information content (AvgIpc) is 3.23. The normalized spacial score (nSPS) is 13.2. The minimum absolute atomic E-state index is 0.0725. The van der Waals surface area contributed by atoms with Gasteiger partial charge in [0.1, 0.15) is 10.6 Å². The van der Waals surface area contributed by atoms with Crippen LogP contribution in [0, 0.1) is 0 Å². The molecule has 0 amide bonds. The van der Waals surface area contributed by atoms with E-state index in [1.165, 1.54) is 6.92 Å². The van der Waals surface area contributed by atoms with Crippen LogP contribution < -0.4 is 10.4 Å². The van der Waals surface area contributed by atoms with E-state index >= 15 is 0 Å². The lowest BCUT2D eigenvalue weighted by atomic mass is 10.1. The second-order valence-corrected chi connectivity index (χ2v) is 12.4. The minimum Gasteiger partial charge on any atom is -0.428 e. The fourth-order valence-corrected chi connectivity index (χ4v) is 5.25. The molecular weight excluding hydrogens is 613 g/mol. The smallest absolute Gasteiger partial charge is 0.428 e. The van der Waals surface area contributed by atoms with Gasteiger partial charge in [0.2, 0.25) is 0 Å². The van der Waals surface area contributed by atoms with Crippen LogP contribution in [0.4, 0.5) is 30.7 Å². The van der Waals surface area contributed by atoms with Crippen LogP contribution in [0.15, 0.2) is 69.4 Å². The summed E-state index contributed by atoms with van der Waals surface area (Å²) < 4.78 is 144. The van der Waals surface area contributed by atoms with Gasteiger partial charge in [0, 0.05) is 24.0 Å². The highest BCUT2D eigenvalue weighted by Crippen LogP contribution is 2.32. The van der Waals surface area contributed by atoms with Gasteiger partial charge in [0.25, 0.3) is 9.84 Å². The van der Waals surface area contributed by atoms with Crippen molar-refractivity contribution in [2.45, 2.75) is 34.8 Å². The maximum Gasteiger partial charge on any atom is 0.501 e. The van der Waals surface area contributed by atoms with Gasteiger partial charge in [-0.2, -0.15) is 35.4 Å². The quantitative estimate of drug-likeness (QED) is 0.269. The van der Waals surface area contributed by atoms with Crippen LogP contribution in [0.2, 0.25) is 0 Å². The van der Waals surface area contributed by atoms with E-state index in [0.717, 1.165) is 36.5 Å². The number of ether oxygens (including phenoxy) is 1. The summed E-state index contributed by atoms with van der Waals surface area (Å²) in [5.74, 6) is -1.69. The summed E-state index contributed by atoms with van der Waals surface area (Å²) in [6.07, 6.45) is -7.08. The zero-order valence-electron chi connectivity index (χ0n) is 20.2. The maximum atomic E-state index is 13.2. The van der Waals surface area contributed by atoms with Gasteiger partial charge in [-0.05, 0) is 29.8 Å². The van der Waals surface area contributed by atoms with Crippen LogP contribution in [-0.4, -0.2) is 59.8 Å². The highest BCUT2D eigenvalue weighted by atomic mass is 32.2. The van der Waals surface area contributed by atoms with Gasteiger partial charge < -0.3 is 4.74 Å². The highest BCUT2D eigenvalue weighted by molar-refractivity contribution is 7.92. The summed E-state index contributed by atoms with van der Waals surface area (Å²) in [7, 11) is -9.97. The molecule has 10 nitrogen and oxygen atoms in total. The fraction of sp³-hybridized carbons (Fsp3) is 0.227. The summed E-state index contributed by atoms with van der Waals surface area (Å²) in [5.41, 5.74) is -7.05. The molecule has 0 bridgehead atoms. The number of benzene rings is 1. The molecule has 0 saturated carbocycles. The molecule has 3 aromatic heterocycles. The third-order valence-electron chi connectivity index (χ3n) is 5.56. The third kappa shape index (κ3) is 5.50. The summed E-state index contributed by atoms with van der Waals surface area (Å²) in [6.45, 7) is 1.27. The van der Waals surface area contributed by atoms with Gasteiger partial charge in [0.05, 0.1) is 10.6 Å². The number of halogens is 7. The zero-order chi connectivity index (χ0) is 30.5. The highest BCUT2D eigenvalue weighted by Gasteiger charge is 2.47. The minimum atomic E-state index is -5.79.